The van der Waals surface area contributed by atoms with E-state index in [1.54, 1.807) is 0 Å². The second-order valence-corrected chi connectivity index (χ2v) is 0.670. The molecular weight excluding hydrogens is 98.0 g/mol. The minimum atomic E-state index is -0.852. The summed E-state index contributed by atoms with van der Waals surface area (Å²) in [5.74, 6) is 0. The Kier molecular flexibility index (Phi) is 2.47. The van der Waals surface area contributed by atoms with Gasteiger partial charge in [0, 0.05) is 0 Å². The number of rotatable bonds is 0. The molecule has 0 atom stereocenters. The maximum atomic E-state index is 9.81. The van der Waals surface area contributed by atoms with Gasteiger partial charge in [-0.05, 0) is 0 Å². The van der Waals surface area contributed by atoms with E-state index in [2.05, 4.69) is 14.8 Å². The van der Waals surface area contributed by atoms with Crippen molar-refractivity contribution < 1.29 is 9.53 Å². The van der Waals surface area contributed by atoms with Crippen molar-refractivity contribution in [2.45, 2.75) is 0 Å². The lowest BCUT2D eigenvalue weighted by molar-refractivity contribution is 0.180. The van der Waals surface area contributed by atoms with Crippen LogP contribution in [0, 0.1) is 5.53 Å². The summed E-state index contributed by atoms with van der Waals surface area (Å²) in [6, 6.07) is 0. The molecule has 0 saturated carbocycles. The second-order valence-electron chi connectivity index (χ2n) is 0.670. The maximum Gasteiger partial charge on any atom is 0.512 e. The highest BCUT2D eigenvalue weighted by Crippen LogP contribution is 1.72. The molecular formula is C2H4N3O2+. The van der Waals surface area contributed by atoms with Crippen LogP contribution in [-0.2, 0) is 4.74 Å². The first-order chi connectivity index (χ1) is 3.31. The molecule has 0 spiro atoms. The summed E-state index contributed by atoms with van der Waals surface area (Å²) in [6.07, 6.45) is -0.852. The van der Waals surface area contributed by atoms with Gasteiger partial charge in [-0.1, -0.05) is 0 Å². The molecule has 7 heavy (non-hydrogen) atoms. The molecule has 0 radical (unpaired) electrons. The van der Waals surface area contributed by atoms with Crippen molar-refractivity contribution in [3.8, 4) is 0 Å². The molecule has 0 unspecified atom stereocenters. The SMILES string of the molecule is COC(=O)N=[N+]=N. The molecule has 0 aromatic carbocycles. The Balaban J connectivity index is 3.58. The van der Waals surface area contributed by atoms with E-state index in [0.29, 0.717) is 0 Å². The Morgan fingerprint density at radius 2 is 2.57 bits per heavy atom. The van der Waals surface area contributed by atoms with E-state index in [1.807, 2.05) is 0 Å². The Labute approximate surface area is 39.5 Å². The first kappa shape index (κ1) is 5.78. The molecule has 0 rings (SSSR count). The fourth-order valence-corrected chi connectivity index (χ4v) is 0.0816. The molecule has 0 saturated heterocycles. The molecule has 38 valence electrons. The number of amides is 1. The molecule has 0 aliphatic carbocycles. The van der Waals surface area contributed by atoms with Crippen LogP contribution in [-0.4, -0.2) is 13.2 Å². The van der Waals surface area contributed by atoms with Crippen LogP contribution < -0.4 is 4.91 Å². The molecule has 1 amide bonds. The summed E-state index contributed by atoms with van der Waals surface area (Å²) in [7, 11) is 1.16. The van der Waals surface area contributed by atoms with Gasteiger partial charge in [-0.3, -0.25) is 0 Å². The first-order valence-corrected chi connectivity index (χ1v) is 1.46. The summed E-state index contributed by atoms with van der Waals surface area (Å²) in [5.41, 5.74) is 5.99. The molecule has 0 aromatic rings. The molecule has 5 nitrogen and oxygen atoms in total. The van der Waals surface area contributed by atoms with Crippen LogP contribution in [0.4, 0.5) is 4.79 Å². The van der Waals surface area contributed by atoms with Crippen molar-refractivity contribution >= 4 is 6.09 Å². The number of hydrogen-bond donors (Lipinski definition) is 1. The van der Waals surface area contributed by atoms with Crippen molar-refractivity contribution in [1.82, 2.24) is 4.91 Å². The lowest BCUT2D eigenvalue weighted by Crippen LogP contribution is -1.90. The fourth-order valence-electron chi connectivity index (χ4n) is 0.0816. The van der Waals surface area contributed by atoms with Gasteiger partial charge in [0.15, 0.2) is 0 Å². The van der Waals surface area contributed by atoms with Gasteiger partial charge in [-0.2, -0.15) is 0 Å². The standard InChI is InChI=1S/C2H4N3O2/c1-7-2(6)4-5-3/h3H,1H3/q+1. The lowest BCUT2D eigenvalue weighted by atomic mass is 11.2. The average Bonchev–Trinajstić information content (AvgIpc) is 1.68. The number of ether oxygens (including phenoxy) is 1. The van der Waals surface area contributed by atoms with Crippen molar-refractivity contribution in [3.63, 3.8) is 0 Å². The number of nitrogens with one attached hydrogen (secondary N) is 1. The van der Waals surface area contributed by atoms with Crippen LogP contribution >= 0.6 is 0 Å². The number of methoxy groups -OCH3 is 1. The molecule has 1 N–H and O–H groups in total. The van der Waals surface area contributed by atoms with Gasteiger partial charge in [0.2, 0.25) is 10.0 Å². The number of hydrogen-bond acceptors (Lipinski definition) is 3. The van der Waals surface area contributed by atoms with E-state index in [4.69, 9.17) is 5.53 Å². The predicted octanol–water partition coefficient (Wildman–Crippen LogP) is 0.303. The molecule has 0 aromatic heterocycles. The van der Waals surface area contributed by atoms with Gasteiger partial charge in [0.1, 0.15) is 5.53 Å². The highest BCUT2D eigenvalue weighted by molar-refractivity contribution is 5.66. The van der Waals surface area contributed by atoms with E-state index >= 15 is 0 Å². The Morgan fingerprint density at radius 3 is 2.71 bits per heavy atom. The average molecular weight is 102 g/mol. The minimum Gasteiger partial charge on any atom is -0.447 e. The van der Waals surface area contributed by atoms with E-state index in [-0.39, 0.29) is 0 Å². The topological polar surface area (TPSA) is 76.6 Å². The molecule has 0 bridgehead atoms. The van der Waals surface area contributed by atoms with E-state index < -0.39 is 6.09 Å². The van der Waals surface area contributed by atoms with Crippen molar-refractivity contribution in [3.05, 3.63) is 0 Å². The summed E-state index contributed by atoms with van der Waals surface area (Å²) in [5, 5.41) is 2.67. The van der Waals surface area contributed by atoms with Gasteiger partial charge in [0.05, 0.1) is 7.11 Å². The lowest BCUT2D eigenvalue weighted by Gasteiger charge is -1.74. The van der Waals surface area contributed by atoms with Crippen molar-refractivity contribution in [2.24, 2.45) is 5.11 Å². The Morgan fingerprint density at radius 1 is 2.00 bits per heavy atom. The van der Waals surface area contributed by atoms with Crippen LogP contribution in [0.25, 0.3) is 0 Å². The Hall–Kier alpha value is -1.22. The van der Waals surface area contributed by atoms with Crippen LogP contribution in [0.3, 0.4) is 0 Å². The van der Waals surface area contributed by atoms with Gasteiger partial charge >= 0.3 is 6.09 Å². The molecule has 0 heterocycles. The molecule has 0 fully saturated rings. The second kappa shape index (κ2) is 2.99. The van der Waals surface area contributed by atoms with Gasteiger partial charge in [0.25, 0.3) is 0 Å². The zero-order valence-corrected chi connectivity index (χ0v) is 3.71. The maximum absolute atomic E-state index is 9.81. The van der Waals surface area contributed by atoms with Crippen LogP contribution in [0.5, 0.6) is 0 Å². The zero-order valence-electron chi connectivity index (χ0n) is 3.71. The van der Waals surface area contributed by atoms with E-state index in [0.717, 1.165) is 7.11 Å². The predicted molar refractivity (Wildman–Crippen MR) is 19.7 cm³/mol. The third kappa shape index (κ3) is 2.59. The van der Waals surface area contributed by atoms with Crippen LogP contribution in [0.15, 0.2) is 5.11 Å². The van der Waals surface area contributed by atoms with E-state index in [9.17, 15) is 4.79 Å². The summed E-state index contributed by atoms with van der Waals surface area (Å²) in [4.78, 5) is 12.2. The molecule has 0 aliphatic rings. The van der Waals surface area contributed by atoms with Crippen LogP contribution in [0.2, 0.25) is 0 Å². The van der Waals surface area contributed by atoms with Gasteiger partial charge < -0.3 is 4.74 Å². The highest BCUT2D eigenvalue weighted by Gasteiger charge is 1.98. The largest absolute Gasteiger partial charge is 0.512 e. The molecule has 0 aliphatic heterocycles. The minimum absolute atomic E-state index is 0.852. The zero-order chi connectivity index (χ0) is 5.70. The van der Waals surface area contributed by atoms with Crippen LogP contribution in [0.1, 0.15) is 0 Å². The smallest absolute Gasteiger partial charge is 0.447 e. The fraction of sp³-hybridized carbons (Fsp3) is 0.500. The van der Waals surface area contributed by atoms with Gasteiger partial charge in [-0.15, -0.1) is 0 Å². The van der Waals surface area contributed by atoms with E-state index in [1.165, 1.54) is 0 Å². The quantitative estimate of drug-likeness (QED) is 0.352. The number of carbonyl (C=O) groups is 1. The first-order valence-electron chi connectivity index (χ1n) is 1.46. The highest BCUT2D eigenvalue weighted by atomic mass is 16.5. The van der Waals surface area contributed by atoms with Crippen molar-refractivity contribution in [1.29, 1.82) is 5.53 Å². The normalized spacial score (nSPS) is 6.43. The number of carbonyl (C=O) groups excluding carboxylic acids is 1. The summed E-state index contributed by atoms with van der Waals surface area (Å²) in [6.45, 7) is 0. The third-order valence-electron chi connectivity index (χ3n) is 0.306. The summed E-state index contributed by atoms with van der Waals surface area (Å²) >= 11 is 0. The van der Waals surface area contributed by atoms with Crippen molar-refractivity contribution in [2.75, 3.05) is 7.11 Å². The number of nitrogens with zero attached hydrogens (tertiary/aromatic N) is 2. The monoisotopic (exact) mass is 102 g/mol. The summed E-state index contributed by atoms with van der Waals surface area (Å²) < 4.78 is 3.97. The Bertz CT molecular complexity index is 114. The molecule has 5 heteroatoms. The van der Waals surface area contributed by atoms with Gasteiger partial charge in [-0.25, -0.2) is 4.79 Å². The third-order valence-corrected chi connectivity index (χ3v) is 0.306.